The molecular weight excluding hydrogens is 257 g/mol. The number of aliphatic hydroxyl groups is 1. The van der Waals surface area contributed by atoms with E-state index in [1.54, 1.807) is 37.5 Å². The number of ether oxygens (including phenoxy) is 1. The SMILES string of the molecule is COc1ccccc1C1(F)C=CC=C(C(C)NCO)C1. The van der Waals surface area contributed by atoms with E-state index in [9.17, 15) is 0 Å². The number of benzene rings is 1. The van der Waals surface area contributed by atoms with Crippen molar-refractivity contribution < 1.29 is 14.2 Å². The third-order valence-electron chi connectivity index (χ3n) is 3.64. The number of alkyl halides is 1. The van der Waals surface area contributed by atoms with E-state index < -0.39 is 5.67 Å². The Morgan fingerprint density at radius 1 is 1.45 bits per heavy atom. The first kappa shape index (κ1) is 14.8. The maximum absolute atomic E-state index is 15.3. The van der Waals surface area contributed by atoms with E-state index in [1.165, 1.54) is 0 Å². The fourth-order valence-electron chi connectivity index (χ4n) is 2.48. The van der Waals surface area contributed by atoms with Crippen molar-refractivity contribution in [2.24, 2.45) is 0 Å². The third kappa shape index (κ3) is 2.92. The summed E-state index contributed by atoms with van der Waals surface area (Å²) < 4.78 is 20.6. The Morgan fingerprint density at radius 3 is 2.90 bits per heavy atom. The van der Waals surface area contributed by atoms with Gasteiger partial charge in [-0.05, 0) is 24.6 Å². The number of nitrogens with one attached hydrogen (secondary N) is 1. The number of hydrogen-bond donors (Lipinski definition) is 2. The van der Waals surface area contributed by atoms with E-state index in [2.05, 4.69) is 5.32 Å². The van der Waals surface area contributed by atoms with Crippen LogP contribution < -0.4 is 10.1 Å². The van der Waals surface area contributed by atoms with Crippen molar-refractivity contribution in [3.63, 3.8) is 0 Å². The van der Waals surface area contributed by atoms with E-state index in [-0.39, 0.29) is 19.2 Å². The Bertz CT molecular complexity index is 527. The van der Waals surface area contributed by atoms with Crippen LogP contribution in [-0.2, 0) is 5.67 Å². The van der Waals surface area contributed by atoms with Gasteiger partial charge in [-0.1, -0.05) is 30.4 Å². The van der Waals surface area contributed by atoms with Crippen LogP contribution in [0.25, 0.3) is 0 Å². The van der Waals surface area contributed by atoms with Gasteiger partial charge in [-0.3, -0.25) is 5.32 Å². The monoisotopic (exact) mass is 277 g/mol. The molecule has 2 atom stereocenters. The average molecular weight is 277 g/mol. The molecule has 2 unspecified atom stereocenters. The summed E-state index contributed by atoms with van der Waals surface area (Å²) in [7, 11) is 1.54. The summed E-state index contributed by atoms with van der Waals surface area (Å²) in [5, 5.41) is 11.8. The molecule has 3 nitrogen and oxygen atoms in total. The Morgan fingerprint density at radius 2 is 2.20 bits per heavy atom. The highest BCUT2D eigenvalue weighted by molar-refractivity contribution is 5.44. The first-order valence-corrected chi connectivity index (χ1v) is 6.65. The number of rotatable bonds is 5. The van der Waals surface area contributed by atoms with Crippen LogP contribution in [0.1, 0.15) is 18.9 Å². The number of methoxy groups -OCH3 is 1. The zero-order chi connectivity index (χ0) is 14.6. The van der Waals surface area contributed by atoms with Crippen molar-refractivity contribution in [2.45, 2.75) is 25.1 Å². The minimum absolute atomic E-state index is 0.0743. The quantitative estimate of drug-likeness (QED) is 0.813. The highest BCUT2D eigenvalue weighted by Crippen LogP contribution is 2.41. The molecule has 0 aliphatic heterocycles. The van der Waals surface area contributed by atoms with Gasteiger partial charge in [-0.25, -0.2) is 4.39 Å². The van der Waals surface area contributed by atoms with Crippen LogP contribution in [0, 0.1) is 0 Å². The first-order valence-electron chi connectivity index (χ1n) is 6.65. The molecule has 0 bridgehead atoms. The molecule has 2 N–H and O–H groups in total. The van der Waals surface area contributed by atoms with E-state index in [1.807, 2.05) is 19.1 Å². The normalized spacial score (nSPS) is 23.3. The molecule has 0 amide bonds. The lowest BCUT2D eigenvalue weighted by atomic mass is 9.83. The van der Waals surface area contributed by atoms with E-state index in [0.717, 1.165) is 5.57 Å². The van der Waals surface area contributed by atoms with Crippen LogP contribution in [0.2, 0.25) is 0 Å². The molecule has 1 aromatic carbocycles. The molecule has 0 aromatic heterocycles. The molecule has 2 rings (SSSR count). The molecule has 0 spiro atoms. The molecule has 20 heavy (non-hydrogen) atoms. The zero-order valence-electron chi connectivity index (χ0n) is 11.8. The number of aliphatic hydroxyl groups excluding tert-OH is 1. The lowest BCUT2D eigenvalue weighted by Gasteiger charge is -2.30. The first-order chi connectivity index (χ1) is 9.60. The lowest BCUT2D eigenvalue weighted by Crippen LogP contribution is -2.32. The predicted molar refractivity (Wildman–Crippen MR) is 77.3 cm³/mol. The molecule has 4 heteroatoms. The van der Waals surface area contributed by atoms with Gasteiger partial charge in [0.1, 0.15) is 5.75 Å². The largest absolute Gasteiger partial charge is 0.496 e. The molecule has 1 aromatic rings. The zero-order valence-corrected chi connectivity index (χ0v) is 11.8. The molecule has 0 radical (unpaired) electrons. The van der Waals surface area contributed by atoms with Crippen molar-refractivity contribution in [1.82, 2.24) is 5.32 Å². The van der Waals surface area contributed by atoms with Crippen LogP contribution in [0.3, 0.4) is 0 Å². The second-order valence-electron chi connectivity index (χ2n) is 4.92. The molecule has 0 heterocycles. The summed E-state index contributed by atoms with van der Waals surface area (Å²) in [4.78, 5) is 0. The van der Waals surface area contributed by atoms with Crippen LogP contribution in [0.5, 0.6) is 5.75 Å². The lowest BCUT2D eigenvalue weighted by molar-refractivity contribution is 0.210. The summed E-state index contributed by atoms with van der Waals surface area (Å²) in [6, 6.07) is 7.06. The average Bonchev–Trinajstić information content (AvgIpc) is 2.47. The molecule has 1 aliphatic carbocycles. The standard InChI is InChI=1S/C16H20FNO2/c1-12(18-11-19)13-6-5-9-16(17,10-13)14-7-3-4-8-15(14)20-2/h3-9,12,18-19H,10-11H2,1-2H3. The van der Waals surface area contributed by atoms with Gasteiger partial charge >= 0.3 is 0 Å². The van der Waals surface area contributed by atoms with Crippen LogP contribution in [-0.4, -0.2) is 25.0 Å². The maximum Gasteiger partial charge on any atom is 0.161 e. The molecular formula is C16H20FNO2. The summed E-state index contributed by atoms with van der Waals surface area (Å²) in [6.07, 6.45) is 5.42. The van der Waals surface area contributed by atoms with Crippen molar-refractivity contribution >= 4 is 0 Å². The van der Waals surface area contributed by atoms with Gasteiger partial charge in [-0.2, -0.15) is 0 Å². The number of para-hydroxylation sites is 1. The Balaban J connectivity index is 2.29. The Kier molecular flexibility index (Phi) is 4.57. The number of halogens is 1. The second kappa shape index (κ2) is 6.20. The molecule has 1 aliphatic rings. The van der Waals surface area contributed by atoms with Crippen LogP contribution >= 0.6 is 0 Å². The van der Waals surface area contributed by atoms with E-state index >= 15 is 4.39 Å². The predicted octanol–water partition coefficient (Wildman–Crippen LogP) is 2.67. The van der Waals surface area contributed by atoms with Crippen molar-refractivity contribution in [2.75, 3.05) is 13.8 Å². The molecule has 0 fully saturated rings. The van der Waals surface area contributed by atoms with Crippen molar-refractivity contribution in [3.05, 3.63) is 53.6 Å². The van der Waals surface area contributed by atoms with E-state index in [0.29, 0.717) is 11.3 Å². The number of allylic oxidation sites excluding steroid dienone is 3. The fraction of sp³-hybridized carbons (Fsp3) is 0.375. The number of hydrogen-bond acceptors (Lipinski definition) is 3. The fourth-order valence-corrected chi connectivity index (χ4v) is 2.48. The van der Waals surface area contributed by atoms with Crippen molar-refractivity contribution in [3.8, 4) is 5.75 Å². The topological polar surface area (TPSA) is 41.5 Å². The molecule has 108 valence electrons. The highest BCUT2D eigenvalue weighted by Gasteiger charge is 2.35. The summed E-state index contributed by atoms with van der Waals surface area (Å²) in [6.45, 7) is 1.78. The summed E-state index contributed by atoms with van der Waals surface area (Å²) in [5.74, 6) is 0.545. The van der Waals surface area contributed by atoms with Crippen LogP contribution in [0.15, 0.2) is 48.1 Å². The van der Waals surface area contributed by atoms with Crippen molar-refractivity contribution in [1.29, 1.82) is 0 Å². The highest BCUT2D eigenvalue weighted by atomic mass is 19.1. The van der Waals surface area contributed by atoms with Gasteiger partial charge in [-0.15, -0.1) is 0 Å². The molecule has 0 saturated carbocycles. The smallest absolute Gasteiger partial charge is 0.161 e. The van der Waals surface area contributed by atoms with Gasteiger partial charge in [0, 0.05) is 18.0 Å². The maximum atomic E-state index is 15.3. The van der Waals surface area contributed by atoms with Gasteiger partial charge in [0.2, 0.25) is 0 Å². The van der Waals surface area contributed by atoms with E-state index in [4.69, 9.17) is 9.84 Å². The minimum atomic E-state index is -1.58. The van der Waals surface area contributed by atoms with Gasteiger partial charge in [0.25, 0.3) is 0 Å². The van der Waals surface area contributed by atoms with Gasteiger partial charge in [0.15, 0.2) is 5.67 Å². The second-order valence-corrected chi connectivity index (χ2v) is 4.92. The van der Waals surface area contributed by atoms with Gasteiger partial charge in [0.05, 0.1) is 13.8 Å². The van der Waals surface area contributed by atoms with Crippen LogP contribution in [0.4, 0.5) is 4.39 Å². The van der Waals surface area contributed by atoms with Gasteiger partial charge < -0.3 is 9.84 Å². The summed E-state index contributed by atoms with van der Waals surface area (Å²) in [5.41, 5.74) is -0.141. The minimum Gasteiger partial charge on any atom is -0.496 e. The Labute approximate surface area is 118 Å². The molecule has 0 saturated heterocycles. The third-order valence-corrected chi connectivity index (χ3v) is 3.64. The summed E-state index contributed by atoms with van der Waals surface area (Å²) >= 11 is 0. The Hall–Kier alpha value is -1.65.